The molecule has 39 heavy (non-hydrogen) atoms. The Balaban J connectivity index is 1.82. The monoisotopic (exact) mass is 554 g/mol. The Labute approximate surface area is 231 Å². The Morgan fingerprint density at radius 3 is 2.28 bits per heavy atom. The van der Waals surface area contributed by atoms with Crippen LogP contribution in [0.2, 0.25) is 0 Å². The summed E-state index contributed by atoms with van der Waals surface area (Å²) in [7, 11) is 2.99. The normalized spacial score (nSPS) is 44.1. The van der Waals surface area contributed by atoms with Crippen molar-refractivity contribution in [3.05, 3.63) is 24.3 Å². The second-order valence-corrected chi connectivity index (χ2v) is 11.1. The van der Waals surface area contributed by atoms with Gasteiger partial charge in [-0.25, -0.2) is 4.79 Å². The van der Waals surface area contributed by atoms with E-state index in [1.165, 1.54) is 20.3 Å². The Bertz CT molecular complexity index is 874. The highest BCUT2D eigenvalue weighted by Gasteiger charge is 2.50. The summed E-state index contributed by atoms with van der Waals surface area (Å²) in [4.78, 5) is 25.6. The minimum absolute atomic E-state index is 0.0263. The molecule has 0 bridgehead atoms. The summed E-state index contributed by atoms with van der Waals surface area (Å²) >= 11 is 0. The quantitative estimate of drug-likeness (QED) is 0.372. The minimum atomic E-state index is -0.885. The van der Waals surface area contributed by atoms with E-state index in [1.54, 1.807) is 25.2 Å². The Morgan fingerprint density at radius 2 is 1.64 bits per heavy atom. The van der Waals surface area contributed by atoms with Crippen molar-refractivity contribution in [1.82, 2.24) is 0 Å². The number of esters is 1. The van der Waals surface area contributed by atoms with E-state index in [-0.39, 0.29) is 48.3 Å². The first-order chi connectivity index (χ1) is 18.5. The number of hydrogen-bond acceptors (Lipinski definition) is 10. The van der Waals surface area contributed by atoms with Crippen LogP contribution in [0, 0.1) is 23.7 Å². The summed E-state index contributed by atoms with van der Waals surface area (Å²) < 4.78 is 34.9. The van der Waals surface area contributed by atoms with Crippen LogP contribution in [-0.4, -0.2) is 97.9 Å². The van der Waals surface area contributed by atoms with Crippen molar-refractivity contribution in [3.63, 3.8) is 0 Å². The average Bonchev–Trinajstić information content (AvgIpc) is 3.69. The van der Waals surface area contributed by atoms with Crippen LogP contribution in [0.15, 0.2) is 24.3 Å². The number of ketones is 1. The Kier molecular flexibility index (Phi) is 11.7. The minimum Gasteiger partial charge on any atom is -0.459 e. The first kappa shape index (κ1) is 31.9. The SMILES string of the molecule is CCC1OC(=O)C=CC(C)C(O)C(C)CC(C)C(=O)C=CC2OC2C1COC1OC(C)C(O)C(OC)C1OC. The molecule has 0 spiro atoms. The van der Waals surface area contributed by atoms with E-state index in [9.17, 15) is 19.8 Å². The largest absolute Gasteiger partial charge is 0.459 e. The standard InChI is InChI=1S/C29H46O10/c1-8-21-19(14-36-29-28(35-7)27(34-6)25(33)18(5)37-29)26-22(39-26)11-10-20(30)16(3)13-17(4)24(32)15(2)9-12-23(31)38-21/h9-12,15-19,21-22,24-29,32-33H,8,13-14H2,1-7H3. The fraction of sp³-hybridized carbons (Fsp3) is 0.793. The van der Waals surface area contributed by atoms with Gasteiger partial charge in [0.15, 0.2) is 12.1 Å². The van der Waals surface area contributed by atoms with Crippen LogP contribution < -0.4 is 0 Å². The smallest absolute Gasteiger partial charge is 0.330 e. The van der Waals surface area contributed by atoms with E-state index in [1.807, 2.05) is 27.7 Å². The molecule has 3 heterocycles. The van der Waals surface area contributed by atoms with Crippen LogP contribution in [0.3, 0.4) is 0 Å². The number of hydrogen-bond donors (Lipinski definition) is 2. The molecule has 0 amide bonds. The Morgan fingerprint density at radius 1 is 0.949 bits per heavy atom. The van der Waals surface area contributed by atoms with Crippen LogP contribution in [0.1, 0.15) is 47.5 Å². The molecule has 0 aromatic carbocycles. The molecule has 10 heteroatoms. The number of carbonyl (C=O) groups excluding carboxylic acids is 2. The molecular formula is C29H46O10. The van der Waals surface area contributed by atoms with Gasteiger partial charge in [-0.15, -0.1) is 0 Å². The highest BCUT2D eigenvalue weighted by Crippen LogP contribution is 2.36. The second kappa shape index (κ2) is 14.3. The molecule has 13 atom stereocenters. The molecule has 0 saturated carbocycles. The van der Waals surface area contributed by atoms with E-state index in [0.29, 0.717) is 12.8 Å². The van der Waals surface area contributed by atoms with Gasteiger partial charge < -0.3 is 38.6 Å². The molecule has 222 valence electrons. The van der Waals surface area contributed by atoms with Gasteiger partial charge in [-0.2, -0.15) is 0 Å². The molecule has 0 aromatic heterocycles. The molecule has 2 fully saturated rings. The number of aliphatic hydroxyl groups excluding tert-OH is 2. The fourth-order valence-corrected chi connectivity index (χ4v) is 5.59. The lowest BCUT2D eigenvalue weighted by Gasteiger charge is -2.42. The van der Waals surface area contributed by atoms with Crippen molar-refractivity contribution in [2.24, 2.45) is 23.7 Å². The average molecular weight is 555 g/mol. The van der Waals surface area contributed by atoms with Crippen LogP contribution in [0.25, 0.3) is 0 Å². The summed E-state index contributed by atoms with van der Waals surface area (Å²) in [5, 5.41) is 21.2. The molecule has 2 saturated heterocycles. The molecule has 2 N–H and O–H groups in total. The number of cyclic esters (lactones) is 1. The van der Waals surface area contributed by atoms with Crippen LogP contribution in [0.4, 0.5) is 0 Å². The van der Waals surface area contributed by atoms with Crippen molar-refractivity contribution in [2.45, 2.75) is 103 Å². The third-order valence-corrected chi connectivity index (χ3v) is 8.21. The van der Waals surface area contributed by atoms with E-state index >= 15 is 0 Å². The number of rotatable bonds is 6. The van der Waals surface area contributed by atoms with Crippen LogP contribution >= 0.6 is 0 Å². The molecular weight excluding hydrogens is 508 g/mol. The van der Waals surface area contributed by atoms with Gasteiger partial charge in [0.1, 0.15) is 30.5 Å². The van der Waals surface area contributed by atoms with Gasteiger partial charge >= 0.3 is 5.97 Å². The fourth-order valence-electron chi connectivity index (χ4n) is 5.59. The first-order valence-corrected chi connectivity index (χ1v) is 14.0. The van der Waals surface area contributed by atoms with Gasteiger partial charge in [-0.05, 0) is 37.8 Å². The van der Waals surface area contributed by atoms with E-state index in [0.717, 1.165) is 0 Å². The van der Waals surface area contributed by atoms with E-state index in [4.69, 9.17) is 28.4 Å². The molecule has 0 radical (unpaired) electrons. The zero-order chi connectivity index (χ0) is 28.9. The molecule has 3 aliphatic rings. The Hall–Kier alpha value is -1.66. The zero-order valence-electron chi connectivity index (χ0n) is 24.1. The van der Waals surface area contributed by atoms with Crippen molar-refractivity contribution >= 4 is 11.8 Å². The lowest BCUT2D eigenvalue weighted by atomic mass is 9.85. The van der Waals surface area contributed by atoms with Crippen LogP contribution in [-0.2, 0) is 38.0 Å². The van der Waals surface area contributed by atoms with Crippen molar-refractivity contribution < 1.29 is 48.2 Å². The number of allylic oxidation sites excluding steroid dienone is 1. The number of carbonyl (C=O) groups is 2. The molecule has 0 aromatic rings. The number of ether oxygens (including phenoxy) is 6. The maximum absolute atomic E-state index is 12.8. The van der Waals surface area contributed by atoms with Gasteiger partial charge in [0, 0.05) is 38.0 Å². The molecule has 3 aliphatic heterocycles. The topological polar surface area (TPSA) is 133 Å². The number of epoxide rings is 1. The third-order valence-electron chi connectivity index (χ3n) is 8.21. The highest BCUT2D eigenvalue weighted by atomic mass is 16.7. The maximum atomic E-state index is 12.8. The third kappa shape index (κ3) is 7.97. The lowest BCUT2D eigenvalue weighted by molar-refractivity contribution is -0.305. The van der Waals surface area contributed by atoms with Crippen LogP contribution in [0.5, 0.6) is 0 Å². The van der Waals surface area contributed by atoms with Gasteiger partial charge in [0.2, 0.25) is 0 Å². The van der Waals surface area contributed by atoms with Gasteiger partial charge in [0.05, 0.1) is 24.9 Å². The highest BCUT2D eigenvalue weighted by molar-refractivity contribution is 5.91. The van der Waals surface area contributed by atoms with Gasteiger partial charge in [0.25, 0.3) is 0 Å². The second-order valence-electron chi connectivity index (χ2n) is 11.1. The van der Waals surface area contributed by atoms with E-state index in [2.05, 4.69) is 0 Å². The summed E-state index contributed by atoms with van der Waals surface area (Å²) in [6, 6.07) is 0. The molecule has 0 aliphatic carbocycles. The number of methoxy groups -OCH3 is 2. The molecule has 13 unspecified atom stereocenters. The summed E-state index contributed by atoms with van der Waals surface area (Å²) in [6.45, 7) is 9.35. The number of aliphatic hydroxyl groups is 2. The predicted octanol–water partition coefficient (Wildman–Crippen LogP) is 2.20. The summed E-state index contributed by atoms with van der Waals surface area (Å²) in [5.74, 6) is -1.59. The van der Waals surface area contributed by atoms with E-state index < -0.39 is 48.9 Å². The predicted molar refractivity (Wildman–Crippen MR) is 142 cm³/mol. The van der Waals surface area contributed by atoms with Gasteiger partial charge in [-0.1, -0.05) is 33.8 Å². The first-order valence-electron chi connectivity index (χ1n) is 14.0. The van der Waals surface area contributed by atoms with Gasteiger partial charge in [-0.3, -0.25) is 4.79 Å². The number of fused-ring (bicyclic) bond motifs is 1. The maximum Gasteiger partial charge on any atom is 0.330 e. The lowest BCUT2D eigenvalue weighted by Crippen LogP contribution is -2.59. The van der Waals surface area contributed by atoms with Crippen molar-refractivity contribution in [3.8, 4) is 0 Å². The summed E-state index contributed by atoms with van der Waals surface area (Å²) in [5.41, 5.74) is 0. The molecule has 10 nitrogen and oxygen atoms in total. The van der Waals surface area contributed by atoms with Crippen molar-refractivity contribution in [1.29, 1.82) is 0 Å². The zero-order valence-corrected chi connectivity index (χ0v) is 24.1. The van der Waals surface area contributed by atoms with Crippen molar-refractivity contribution in [2.75, 3.05) is 20.8 Å². The summed E-state index contributed by atoms with van der Waals surface area (Å²) in [6.07, 6.45) is 1.83. The molecule has 3 rings (SSSR count).